The van der Waals surface area contributed by atoms with Gasteiger partial charge in [-0.25, -0.2) is 4.79 Å². The normalized spacial score (nSPS) is 21.5. The number of hydrogen-bond donors (Lipinski definition) is 2. The van der Waals surface area contributed by atoms with Crippen molar-refractivity contribution >= 4 is 23.5 Å². The van der Waals surface area contributed by atoms with Gasteiger partial charge in [-0.3, -0.25) is 4.79 Å². The number of piperidine rings is 1. The lowest BCUT2D eigenvalue weighted by atomic mass is 9.82. The number of ether oxygens (including phenoxy) is 1. The second-order valence-corrected chi connectivity index (χ2v) is 5.18. The number of esters is 1. The van der Waals surface area contributed by atoms with Crippen LogP contribution in [-0.4, -0.2) is 48.8 Å². The molecule has 0 saturated carbocycles. The highest BCUT2D eigenvalue weighted by Crippen LogP contribution is 2.26. The first-order valence-electron chi connectivity index (χ1n) is 6.94. The third kappa shape index (κ3) is 9.09. The molecule has 0 spiro atoms. The lowest BCUT2D eigenvalue weighted by Gasteiger charge is -2.31. The highest BCUT2D eigenvalue weighted by molar-refractivity contribution is 6.17. The molecular weight excluding hydrogens is 327 g/mol. The number of carbonyl (C=O) groups excluding carboxylic acids is 1. The van der Waals surface area contributed by atoms with Gasteiger partial charge in [0.2, 0.25) is 0 Å². The number of hydrogen-bond acceptors (Lipinski definition) is 4. The molecule has 0 unspecified atom stereocenters. The molecule has 0 bridgehead atoms. The number of rotatable bonds is 5. The average Bonchev–Trinajstić information content (AvgIpc) is 2.41. The Morgan fingerprint density at radius 1 is 1.36 bits per heavy atom. The van der Waals surface area contributed by atoms with E-state index in [0.717, 1.165) is 25.9 Å². The number of nitrogens with one attached hydrogen (secondary N) is 1. The van der Waals surface area contributed by atoms with Crippen LogP contribution in [0.15, 0.2) is 0 Å². The zero-order chi connectivity index (χ0) is 17.2. The fraction of sp³-hybridized carbons (Fsp3) is 0.846. The molecule has 9 heteroatoms. The largest absolute Gasteiger partial charge is 0.490 e. The van der Waals surface area contributed by atoms with Crippen LogP contribution in [0.3, 0.4) is 0 Å². The van der Waals surface area contributed by atoms with Crippen molar-refractivity contribution in [2.75, 3.05) is 25.6 Å². The second kappa shape index (κ2) is 10.7. The van der Waals surface area contributed by atoms with Crippen LogP contribution in [0.4, 0.5) is 13.2 Å². The maximum absolute atomic E-state index is 11.4. The highest BCUT2D eigenvalue weighted by Gasteiger charge is 2.38. The number of alkyl halides is 4. The number of aliphatic carboxylic acids is 1. The van der Waals surface area contributed by atoms with Gasteiger partial charge < -0.3 is 15.2 Å². The minimum Gasteiger partial charge on any atom is -0.475 e. The van der Waals surface area contributed by atoms with Crippen LogP contribution in [-0.2, 0) is 14.3 Å². The predicted octanol–water partition coefficient (Wildman–Crippen LogP) is 2.43. The fourth-order valence-corrected chi connectivity index (χ4v) is 2.44. The summed E-state index contributed by atoms with van der Waals surface area (Å²) in [6.45, 7) is 4.31. The summed E-state index contributed by atoms with van der Waals surface area (Å²) in [5.74, 6) is -1.17. The first-order chi connectivity index (χ1) is 10.2. The third-order valence-corrected chi connectivity index (χ3v) is 3.44. The van der Waals surface area contributed by atoms with Crippen molar-refractivity contribution in [3.8, 4) is 0 Å². The van der Waals surface area contributed by atoms with E-state index in [1.165, 1.54) is 0 Å². The standard InChI is InChI=1S/C11H20ClNO2.C2HF3O2/c1-2-15-11(14)7-9-4-6-13-8-10(9)3-5-12;3-2(4,5)1(6)7/h9-10,13H,2-8H2,1H3;(H,6,7)/t9-,10+;/m0./s1. The van der Waals surface area contributed by atoms with Crippen LogP contribution < -0.4 is 5.32 Å². The fourth-order valence-electron chi connectivity index (χ4n) is 2.16. The minimum atomic E-state index is -5.08. The van der Waals surface area contributed by atoms with E-state index in [-0.39, 0.29) is 5.97 Å². The molecule has 0 aliphatic carbocycles. The van der Waals surface area contributed by atoms with E-state index in [0.29, 0.717) is 30.7 Å². The summed E-state index contributed by atoms with van der Waals surface area (Å²) < 4.78 is 36.7. The summed E-state index contributed by atoms with van der Waals surface area (Å²) in [5.41, 5.74) is 0. The Balaban J connectivity index is 0.000000534. The molecular formula is C13H21ClF3NO4. The van der Waals surface area contributed by atoms with Gasteiger partial charge in [0.05, 0.1) is 6.61 Å². The zero-order valence-electron chi connectivity index (χ0n) is 12.3. The summed E-state index contributed by atoms with van der Waals surface area (Å²) in [6.07, 6.45) is -2.49. The Kier molecular flexibility index (Phi) is 10.2. The molecule has 2 atom stereocenters. The van der Waals surface area contributed by atoms with Gasteiger partial charge in [-0.2, -0.15) is 13.2 Å². The van der Waals surface area contributed by atoms with Crippen molar-refractivity contribution in [3.63, 3.8) is 0 Å². The van der Waals surface area contributed by atoms with E-state index in [1.807, 2.05) is 6.92 Å². The summed E-state index contributed by atoms with van der Waals surface area (Å²) in [4.78, 5) is 20.3. The molecule has 0 aromatic rings. The van der Waals surface area contributed by atoms with Gasteiger partial charge in [0, 0.05) is 12.3 Å². The number of carbonyl (C=O) groups is 2. The van der Waals surface area contributed by atoms with Gasteiger partial charge in [0.15, 0.2) is 0 Å². The molecule has 1 aliphatic heterocycles. The molecule has 0 radical (unpaired) electrons. The van der Waals surface area contributed by atoms with E-state index in [1.54, 1.807) is 0 Å². The quantitative estimate of drug-likeness (QED) is 0.590. The van der Waals surface area contributed by atoms with Crippen molar-refractivity contribution in [1.29, 1.82) is 0 Å². The van der Waals surface area contributed by atoms with Crippen LogP contribution in [0, 0.1) is 11.8 Å². The van der Waals surface area contributed by atoms with Crippen molar-refractivity contribution in [2.45, 2.75) is 32.4 Å². The Bertz CT molecular complexity index is 351. The Morgan fingerprint density at radius 2 is 1.95 bits per heavy atom. The monoisotopic (exact) mass is 347 g/mol. The smallest absolute Gasteiger partial charge is 0.475 e. The third-order valence-electron chi connectivity index (χ3n) is 3.22. The summed E-state index contributed by atoms with van der Waals surface area (Å²) in [6, 6.07) is 0. The maximum Gasteiger partial charge on any atom is 0.490 e. The maximum atomic E-state index is 11.4. The summed E-state index contributed by atoms with van der Waals surface area (Å²) in [5, 5.41) is 10.5. The summed E-state index contributed by atoms with van der Waals surface area (Å²) in [7, 11) is 0. The van der Waals surface area contributed by atoms with Crippen LogP contribution in [0.1, 0.15) is 26.2 Å². The predicted molar refractivity (Wildman–Crippen MR) is 74.7 cm³/mol. The van der Waals surface area contributed by atoms with E-state index < -0.39 is 12.1 Å². The van der Waals surface area contributed by atoms with Crippen LogP contribution in [0.25, 0.3) is 0 Å². The number of halogens is 4. The lowest BCUT2D eigenvalue weighted by Crippen LogP contribution is -2.38. The molecule has 1 aliphatic rings. The van der Waals surface area contributed by atoms with Gasteiger partial charge in [-0.05, 0) is 44.7 Å². The topological polar surface area (TPSA) is 75.6 Å². The Morgan fingerprint density at radius 3 is 2.41 bits per heavy atom. The van der Waals surface area contributed by atoms with Gasteiger partial charge in [-0.15, -0.1) is 11.6 Å². The molecule has 5 nitrogen and oxygen atoms in total. The molecule has 1 fully saturated rings. The molecule has 0 aromatic heterocycles. The second-order valence-electron chi connectivity index (χ2n) is 4.80. The molecule has 1 heterocycles. The van der Waals surface area contributed by atoms with Crippen molar-refractivity contribution in [2.24, 2.45) is 11.8 Å². The van der Waals surface area contributed by atoms with E-state index >= 15 is 0 Å². The lowest BCUT2D eigenvalue weighted by molar-refractivity contribution is -0.192. The Hall–Kier alpha value is -1.02. The molecule has 0 amide bonds. The molecule has 0 aromatic carbocycles. The van der Waals surface area contributed by atoms with Gasteiger partial charge >= 0.3 is 18.1 Å². The highest BCUT2D eigenvalue weighted by atomic mass is 35.5. The number of carboxylic acid groups (broad SMARTS) is 1. The van der Waals surface area contributed by atoms with Crippen LogP contribution in [0.5, 0.6) is 0 Å². The molecule has 1 saturated heterocycles. The van der Waals surface area contributed by atoms with E-state index in [9.17, 15) is 18.0 Å². The Labute approximate surface area is 132 Å². The van der Waals surface area contributed by atoms with Gasteiger partial charge in [-0.1, -0.05) is 0 Å². The molecule has 1 rings (SSSR count). The van der Waals surface area contributed by atoms with Crippen molar-refractivity contribution in [1.82, 2.24) is 5.32 Å². The molecule has 130 valence electrons. The van der Waals surface area contributed by atoms with Crippen molar-refractivity contribution in [3.05, 3.63) is 0 Å². The first-order valence-corrected chi connectivity index (χ1v) is 7.48. The van der Waals surface area contributed by atoms with Crippen molar-refractivity contribution < 1.29 is 32.6 Å². The van der Waals surface area contributed by atoms with E-state index in [4.69, 9.17) is 26.2 Å². The average molecular weight is 348 g/mol. The zero-order valence-corrected chi connectivity index (χ0v) is 13.0. The SMILES string of the molecule is CCOC(=O)C[C@@H]1CCNC[C@H]1CCCl.O=C(O)C(F)(F)F. The minimum absolute atomic E-state index is 0.0658. The number of carboxylic acids is 1. The van der Waals surface area contributed by atoms with Gasteiger partial charge in [0.1, 0.15) is 0 Å². The summed E-state index contributed by atoms with van der Waals surface area (Å²) >= 11 is 5.75. The molecule has 22 heavy (non-hydrogen) atoms. The van der Waals surface area contributed by atoms with Crippen LogP contribution >= 0.6 is 11.6 Å². The van der Waals surface area contributed by atoms with Gasteiger partial charge in [0.25, 0.3) is 0 Å². The van der Waals surface area contributed by atoms with E-state index in [2.05, 4.69) is 5.32 Å². The first kappa shape index (κ1) is 21.0. The van der Waals surface area contributed by atoms with Crippen LogP contribution in [0.2, 0.25) is 0 Å². The molecule has 2 N–H and O–H groups in total.